The van der Waals surface area contributed by atoms with Crippen LogP contribution in [0.4, 0.5) is 0 Å². The van der Waals surface area contributed by atoms with Crippen LogP contribution in [0.25, 0.3) is 0 Å². The molecule has 6 amide bonds. The number of carbonyl (C=O) groups excluding carboxylic acids is 10. The molecule has 19 heteroatoms. The zero-order valence-electron chi connectivity index (χ0n) is 45.5. The Kier molecular flexibility index (Phi) is 21.7. The SMILES string of the molecule is Cc1ccc(C[C@H]2NC(=O)/C=C/C[C@@H]([C@H](C)[C@H]3O[C@@H]3c3ccc(CCC(=O)[C@H](C)NC(=O)[C@@H](CC(=O)CCCC(=O)ON4C(=O)CCC4=O)C(C)C)cc3)OC(=O)[C@H](CC(C)C)NC(=O)C(C)(C)C(C)NC2=O)cc1Cl. The van der Waals surface area contributed by atoms with Crippen molar-refractivity contribution >= 4 is 70.5 Å². The number of aryl methyl sites for hydroxylation is 2. The van der Waals surface area contributed by atoms with Gasteiger partial charge in [0, 0.05) is 74.3 Å². The van der Waals surface area contributed by atoms with Gasteiger partial charge in [0.1, 0.15) is 30.1 Å². The summed E-state index contributed by atoms with van der Waals surface area (Å²) in [6.07, 6.45) is 2.28. The number of amides is 6. The Morgan fingerprint density at radius 1 is 0.855 bits per heavy atom. The zero-order valence-corrected chi connectivity index (χ0v) is 46.2. The average molecular weight is 1070 g/mol. The summed E-state index contributed by atoms with van der Waals surface area (Å²) >= 11 is 6.41. The van der Waals surface area contributed by atoms with Gasteiger partial charge in [-0.2, -0.15) is 0 Å². The summed E-state index contributed by atoms with van der Waals surface area (Å²) in [4.78, 5) is 135. The molecular weight excluding hydrogens is 998 g/mol. The first-order valence-electron chi connectivity index (χ1n) is 26.4. The second-order valence-corrected chi connectivity index (χ2v) is 22.3. The van der Waals surface area contributed by atoms with Crippen LogP contribution in [0.5, 0.6) is 0 Å². The van der Waals surface area contributed by atoms with E-state index in [1.165, 1.54) is 6.08 Å². The molecule has 2 saturated heterocycles. The van der Waals surface area contributed by atoms with E-state index in [-0.39, 0.29) is 99.3 Å². The Bertz CT molecular complexity index is 2510. The van der Waals surface area contributed by atoms with Gasteiger partial charge in [-0.3, -0.25) is 38.4 Å². The number of benzene rings is 2. The molecule has 4 N–H and O–H groups in total. The van der Waals surface area contributed by atoms with Crippen LogP contribution in [-0.2, 0) is 75.1 Å². The van der Waals surface area contributed by atoms with Crippen molar-refractivity contribution in [2.24, 2.45) is 29.1 Å². The molecule has 2 aromatic rings. The van der Waals surface area contributed by atoms with Gasteiger partial charge >= 0.3 is 11.9 Å². The number of epoxide rings is 1. The van der Waals surface area contributed by atoms with Gasteiger partial charge in [0.25, 0.3) is 11.8 Å². The lowest BCUT2D eigenvalue weighted by Gasteiger charge is -2.34. The number of carbonyl (C=O) groups is 10. The summed E-state index contributed by atoms with van der Waals surface area (Å²) < 4.78 is 12.4. The van der Waals surface area contributed by atoms with Gasteiger partial charge in [-0.25, -0.2) is 9.59 Å². The fraction of sp³-hybridized carbons (Fsp3) is 0.579. The van der Waals surface area contributed by atoms with E-state index in [0.29, 0.717) is 22.9 Å². The van der Waals surface area contributed by atoms with Gasteiger partial charge in [0.2, 0.25) is 23.6 Å². The highest BCUT2D eigenvalue weighted by molar-refractivity contribution is 6.31. The summed E-state index contributed by atoms with van der Waals surface area (Å²) in [6, 6.07) is 9.51. The monoisotopic (exact) mass is 1070 g/mol. The third kappa shape index (κ3) is 17.1. The fourth-order valence-electron chi connectivity index (χ4n) is 9.04. The van der Waals surface area contributed by atoms with Crippen LogP contribution in [0.3, 0.4) is 0 Å². The van der Waals surface area contributed by atoms with E-state index in [2.05, 4.69) is 21.3 Å². The topological polar surface area (TPSA) is 253 Å². The van der Waals surface area contributed by atoms with Gasteiger partial charge in [-0.05, 0) is 100 Å². The Hall–Kier alpha value is -6.27. The van der Waals surface area contributed by atoms with Crippen LogP contribution in [0.1, 0.15) is 148 Å². The molecule has 0 aromatic heterocycles. The van der Waals surface area contributed by atoms with Crippen molar-refractivity contribution in [3.05, 3.63) is 81.9 Å². The van der Waals surface area contributed by atoms with E-state index < -0.39 is 89.0 Å². The van der Waals surface area contributed by atoms with Crippen molar-refractivity contribution in [2.75, 3.05) is 0 Å². The number of hydroxylamine groups is 2. The van der Waals surface area contributed by atoms with Crippen LogP contribution < -0.4 is 21.3 Å². The number of hydrogen-bond donors (Lipinski definition) is 4. The largest absolute Gasteiger partial charge is 0.460 e. The summed E-state index contributed by atoms with van der Waals surface area (Å²) in [5, 5.41) is 12.4. The number of rotatable bonds is 21. The first-order valence-corrected chi connectivity index (χ1v) is 26.8. The molecule has 2 aromatic carbocycles. The van der Waals surface area contributed by atoms with E-state index in [0.717, 1.165) is 22.3 Å². The molecule has 2 fully saturated rings. The van der Waals surface area contributed by atoms with E-state index in [9.17, 15) is 47.9 Å². The summed E-state index contributed by atoms with van der Waals surface area (Å²) in [6.45, 7) is 17.9. The van der Waals surface area contributed by atoms with Gasteiger partial charge in [-0.1, -0.05) is 88.7 Å². The number of nitrogens with zero attached hydrogens (tertiary/aromatic N) is 1. The molecule has 0 aliphatic carbocycles. The maximum atomic E-state index is 14.1. The molecule has 3 heterocycles. The van der Waals surface area contributed by atoms with E-state index in [1.54, 1.807) is 53.7 Å². The number of Topliss-reactive ketones (excluding diaryl/α,β-unsaturated/α-hetero) is 2. The Labute approximate surface area is 450 Å². The molecule has 0 radical (unpaired) electrons. The fourth-order valence-corrected chi connectivity index (χ4v) is 9.24. The highest BCUT2D eigenvalue weighted by atomic mass is 35.5. The molecular formula is C57H76ClN5O13. The molecule has 3 aliphatic rings. The number of cyclic esters (lactones) is 1. The average Bonchev–Trinajstić information content (AvgIpc) is 4.10. The van der Waals surface area contributed by atoms with Crippen molar-refractivity contribution < 1.29 is 62.3 Å². The van der Waals surface area contributed by atoms with Gasteiger partial charge in [-0.15, -0.1) is 5.06 Å². The lowest BCUT2D eigenvalue weighted by atomic mass is 9.83. The number of nitrogens with one attached hydrogen (secondary N) is 4. The molecule has 18 nitrogen and oxygen atoms in total. The highest BCUT2D eigenvalue weighted by Gasteiger charge is 2.48. The van der Waals surface area contributed by atoms with Crippen LogP contribution in [0, 0.1) is 36.0 Å². The summed E-state index contributed by atoms with van der Waals surface area (Å²) in [5.74, 6) is -6.28. The van der Waals surface area contributed by atoms with Crippen molar-refractivity contribution in [2.45, 2.75) is 182 Å². The molecule has 0 bridgehead atoms. The van der Waals surface area contributed by atoms with Crippen LogP contribution in [0.2, 0.25) is 5.02 Å². The standard InChI is InChI=1S/C57H76ClN5O13/c1-31(2)27-44-55(72)74-46(14-12-15-47(66)61-43(29-38-18-17-33(5)42(58)28-38)54(71)60-36(8)57(9,10)56(73)62-44)34(6)51-52(75-51)39-22-19-37(20-23-39)21-24-45(65)35(7)59-53(70)41(32(3)4)30-40(64)13-11-16-50(69)76-63-48(67)25-26-49(63)68/h12,15,17-20,22-23,28,31-32,34-36,41,43-44,46,51-52H,11,13-14,16,21,24-27,29-30H2,1-10H3,(H,59,70)(H,60,71)(H,61,66)(H,62,73)/b15-12+/t34-,35-,36?,41-,43+,44-,46-,51+,52+/m0/s1. The molecule has 1 unspecified atom stereocenters. The predicted molar refractivity (Wildman–Crippen MR) is 281 cm³/mol. The normalized spacial score (nSPS) is 23.9. The molecule has 9 atom stereocenters. The third-order valence-corrected chi connectivity index (χ3v) is 15.0. The minimum atomic E-state index is -1.19. The van der Waals surface area contributed by atoms with Gasteiger partial charge in [0.15, 0.2) is 5.78 Å². The number of halogens is 1. The van der Waals surface area contributed by atoms with Crippen molar-refractivity contribution in [1.29, 1.82) is 0 Å². The molecule has 3 aliphatic heterocycles. The molecule has 0 saturated carbocycles. The minimum Gasteiger partial charge on any atom is -0.460 e. The van der Waals surface area contributed by atoms with Gasteiger partial charge in [0.05, 0.1) is 17.6 Å². The third-order valence-electron chi connectivity index (χ3n) is 14.6. The Balaban J connectivity index is 1.18. The van der Waals surface area contributed by atoms with E-state index >= 15 is 0 Å². The number of esters is 1. The van der Waals surface area contributed by atoms with Crippen molar-refractivity contribution in [1.82, 2.24) is 26.3 Å². The second kappa shape index (κ2) is 27.2. The van der Waals surface area contributed by atoms with Crippen LogP contribution in [0.15, 0.2) is 54.6 Å². The van der Waals surface area contributed by atoms with Crippen molar-refractivity contribution in [3.8, 4) is 0 Å². The summed E-state index contributed by atoms with van der Waals surface area (Å²) in [7, 11) is 0. The maximum absolute atomic E-state index is 14.1. The minimum absolute atomic E-state index is 0.00397. The highest BCUT2D eigenvalue weighted by Crippen LogP contribution is 2.45. The van der Waals surface area contributed by atoms with Gasteiger partial charge < -0.3 is 35.6 Å². The van der Waals surface area contributed by atoms with Crippen molar-refractivity contribution in [3.63, 3.8) is 0 Å². The molecule has 76 heavy (non-hydrogen) atoms. The Morgan fingerprint density at radius 3 is 2.14 bits per heavy atom. The number of imide groups is 1. The lowest BCUT2D eigenvalue weighted by molar-refractivity contribution is -0.197. The molecule has 0 spiro atoms. The first kappa shape index (κ1) is 60.6. The first-order chi connectivity index (χ1) is 35.7. The van der Waals surface area contributed by atoms with E-state index in [4.69, 9.17) is 25.9 Å². The molecule has 5 rings (SSSR count). The maximum Gasteiger partial charge on any atom is 0.333 e. The predicted octanol–water partition coefficient (Wildman–Crippen LogP) is 6.40. The molecule has 414 valence electrons. The quantitative estimate of drug-likeness (QED) is 0.0601. The number of hydrogen-bond acceptors (Lipinski definition) is 13. The van der Waals surface area contributed by atoms with Crippen LogP contribution in [-0.4, -0.2) is 100 Å². The zero-order chi connectivity index (χ0) is 56.2. The van der Waals surface area contributed by atoms with Crippen LogP contribution >= 0.6 is 11.6 Å². The lowest BCUT2D eigenvalue weighted by Crippen LogP contribution is -2.58. The number of ketones is 2. The smallest absolute Gasteiger partial charge is 0.333 e. The second-order valence-electron chi connectivity index (χ2n) is 21.9. The van der Waals surface area contributed by atoms with E-state index in [1.807, 2.05) is 64.1 Å². The summed E-state index contributed by atoms with van der Waals surface area (Å²) in [5.41, 5.74) is 2.15. The Morgan fingerprint density at radius 2 is 1.51 bits per heavy atom. The number of ether oxygens (including phenoxy) is 2.